The molecular formula is C16H22O. The second-order valence-corrected chi connectivity index (χ2v) is 6.82. The van der Waals surface area contributed by atoms with Crippen LogP contribution < -0.4 is 0 Å². The molecule has 1 aromatic carbocycles. The lowest BCUT2D eigenvalue weighted by atomic mass is 9.80. The molecule has 0 N–H and O–H groups in total. The highest BCUT2D eigenvalue weighted by Gasteiger charge is 2.23. The van der Waals surface area contributed by atoms with Gasteiger partial charge in [0, 0.05) is 10.9 Å². The van der Waals surface area contributed by atoms with Crippen LogP contribution in [0.1, 0.15) is 52.7 Å². The molecule has 0 spiro atoms. The summed E-state index contributed by atoms with van der Waals surface area (Å²) in [7, 11) is 0. The normalized spacial score (nSPS) is 13.3. The summed E-state index contributed by atoms with van der Waals surface area (Å²) in [4.78, 5) is 0. The molecule has 1 heteroatoms. The van der Waals surface area contributed by atoms with Crippen LogP contribution in [-0.4, -0.2) is 0 Å². The van der Waals surface area contributed by atoms with E-state index < -0.39 is 0 Å². The predicted molar refractivity (Wildman–Crippen MR) is 73.6 cm³/mol. The molecule has 0 radical (unpaired) electrons. The zero-order valence-electron chi connectivity index (χ0n) is 11.7. The Morgan fingerprint density at radius 2 is 1.29 bits per heavy atom. The first-order valence-electron chi connectivity index (χ1n) is 6.22. The van der Waals surface area contributed by atoms with Crippen LogP contribution in [0.15, 0.2) is 28.9 Å². The van der Waals surface area contributed by atoms with Gasteiger partial charge in [-0.2, -0.15) is 0 Å². The maximum atomic E-state index is 5.71. The van der Waals surface area contributed by atoms with Crippen molar-refractivity contribution in [3.63, 3.8) is 0 Å². The lowest BCUT2D eigenvalue weighted by Crippen LogP contribution is -2.15. The third-order valence-electron chi connectivity index (χ3n) is 3.23. The summed E-state index contributed by atoms with van der Waals surface area (Å²) in [6, 6.07) is 6.55. The topological polar surface area (TPSA) is 13.1 Å². The van der Waals surface area contributed by atoms with E-state index in [1.165, 1.54) is 16.5 Å². The summed E-state index contributed by atoms with van der Waals surface area (Å²) in [6.07, 6.45) is 1.80. The second kappa shape index (κ2) is 3.63. The van der Waals surface area contributed by atoms with Crippen LogP contribution in [0.3, 0.4) is 0 Å². The summed E-state index contributed by atoms with van der Waals surface area (Å²) < 4.78 is 5.71. The SMILES string of the molecule is CC(C)(C)c1ccc(C(C)(C)C)c2occc12. The van der Waals surface area contributed by atoms with Crippen LogP contribution in [-0.2, 0) is 10.8 Å². The van der Waals surface area contributed by atoms with E-state index in [0.717, 1.165) is 5.58 Å². The van der Waals surface area contributed by atoms with E-state index in [-0.39, 0.29) is 10.8 Å². The highest BCUT2D eigenvalue weighted by atomic mass is 16.3. The van der Waals surface area contributed by atoms with E-state index in [1.54, 1.807) is 6.26 Å². The molecule has 0 aliphatic heterocycles. The first-order valence-corrected chi connectivity index (χ1v) is 6.22. The predicted octanol–water partition coefficient (Wildman–Crippen LogP) is 5.03. The average Bonchev–Trinajstić information content (AvgIpc) is 2.60. The zero-order valence-corrected chi connectivity index (χ0v) is 11.7. The zero-order chi connectivity index (χ0) is 12.8. The van der Waals surface area contributed by atoms with E-state index in [0.29, 0.717) is 0 Å². The van der Waals surface area contributed by atoms with Crippen molar-refractivity contribution in [1.29, 1.82) is 0 Å². The third kappa shape index (κ3) is 2.11. The van der Waals surface area contributed by atoms with E-state index in [9.17, 15) is 0 Å². The number of hydrogen-bond donors (Lipinski definition) is 0. The fraction of sp³-hybridized carbons (Fsp3) is 0.500. The molecule has 0 aliphatic carbocycles. The summed E-state index contributed by atoms with van der Waals surface area (Å²) in [5.74, 6) is 0. The molecule has 1 heterocycles. The van der Waals surface area contributed by atoms with E-state index in [4.69, 9.17) is 4.42 Å². The molecule has 17 heavy (non-hydrogen) atoms. The van der Waals surface area contributed by atoms with Gasteiger partial charge in [0.25, 0.3) is 0 Å². The molecule has 2 rings (SSSR count). The molecule has 0 saturated heterocycles. The van der Waals surface area contributed by atoms with Crippen molar-refractivity contribution in [3.8, 4) is 0 Å². The van der Waals surface area contributed by atoms with Crippen molar-refractivity contribution in [2.75, 3.05) is 0 Å². The van der Waals surface area contributed by atoms with Crippen LogP contribution in [0.2, 0.25) is 0 Å². The molecule has 2 aromatic rings. The van der Waals surface area contributed by atoms with Crippen molar-refractivity contribution in [2.24, 2.45) is 0 Å². The van der Waals surface area contributed by atoms with Crippen molar-refractivity contribution in [2.45, 2.75) is 52.4 Å². The summed E-state index contributed by atoms with van der Waals surface area (Å²) in [5.41, 5.74) is 3.95. The minimum atomic E-state index is 0.118. The Bertz CT molecular complexity index is 485. The molecular weight excluding hydrogens is 208 g/mol. The summed E-state index contributed by atoms with van der Waals surface area (Å²) >= 11 is 0. The number of rotatable bonds is 0. The fourth-order valence-corrected chi connectivity index (χ4v) is 2.31. The van der Waals surface area contributed by atoms with E-state index in [1.807, 2.05) is 0 Å². The molecule has 0 fully saturated rings. The van der Waals surface area contributed by atoms with E-state index >= 15 is 0 Å². The van der Waals surface area contributed by atoms with Crippen molar-refractivity contribution in [1.82, 2.24) is 0 Å². The molecule has 1 nitrogen and oxygen atoms in total. The Kier molecular flexibility index (Phi) is 2.61. The molecule has 1 aromatic heterocycles. The van der Waals surface area contributed by atoms with Gasteiger partial charge in [0.15, 0.2) is 0 Å². The van der Waals surface area contributed by atoms with Crippen molar-refractivity contribution >= 4 is 11.0 Å². The van der Waals surface area contributed by atoms with Gasteiger partial charge in [-0.25, -0.2) is 0 Å². The molecule has 0 atom stereocenters. The first kappa shape index (κ1) is 12.2. The van der Waals surface area contributed by atoms with Crippen LogP contribution in [0, 0.1) is 0 Å². The Morgan fingerprint density at radius 3 is 1.82 bits per heavy atom. The van der Waals surface area contributed by atoms with Crippen molar-refractivity contribution in [3.05, 3.63) is 35.6 Å². The quantitative estimate of drug-likeness (QED) is 0.618. The fourth-order valence-electron chi connectivity index (χ4n) is 2.31. The van der Waals surface area contributed by atoms with Crippen LogP contribution >= 0.6 is 0 Å². The Labute approximate surface area is 104 Å². The van der Waals surface area contributed by atoms with Gasteiger partial charge in [-0.05, 0) is 22.5 Å². The monoisotopic (exact) mass is 230 g/mol. The first-order chi connectivity index (χ1) is 7.71. The summed E-state index contributed by atoms with van der Waals surface area (Å²) in [6.45, 7) is 13.4. The van der Waals surface area contributed by atoms with Crippen LogP contribution in [0.4, 0.5) is 0 Å². The van der Waals surface area contributed by atoms with Gasteiger partial charge in [-0.3, -0.25) is 0 Å². The molecule has 92 valence electrons. The summed E-state index contributed by atoms with van der Waals surface area (Å²) in [5, 5.41) is 1.25. The number of furan rings is 1. The van der Waals surface area contributed by atoms with Crippen molar-refractivity contribution < 1.29 is 4.42 Å². The van der Waals surface area contributed by atoms with E-state index in [2.05, 4.69) is 59.7 Å². The molecule has 0 bridgehead atoms. The molecule has 0 aliphatic rings. The number of benzene rings is 1. The lowest BCUT2D eigenvalue weighted by molar-refractivity contribution is 0.555. The van der Waals surface area contributed by atoms with Gasteiger partial charge in [-0.15, -0.1) is 0 Å². The molecule has 0 unspecified atom stereocenters. The lowest BCUT2D eigenvalue weighted by Gasteiger charge is -2.24. The van der Waals surface area contributed by atoms with Gasteiger partial charge in [-0.1, -0.05) is 53.7 Å². The van der Waals surface area contributed by atoms with Gasteiger partial charge in [0.2, 0.25) is 0 Å². The second-order valence-electron chi connectivity index (χ2n) is 6.82. The highest BCUT2D eigenvalue weighted by molar-refractivity contribution is 5.85. The average molecular weight is 230 g/mol. The van der Waals surface area contributed by atoms with Gasteiger partial charge in [0.05, 0.1) is 6.26 Å². The van der Waals surface area contributed by atoms with Crippen LogP contribution in [0.5, 0.6) is 0 Å². The molecule has 0 saturated carbocycles. The Hall–Kier alpha value is -1.24. The smallest absolute Gasteiger partial charge is 0.137 e. The molecule has 0 amide bonds. The van der Waals surface area contributed by atoms with Gasteiger partial charge < -0.3 is 4.42 Å². The van der Waals surface area contributed by atoms with Gasteiger partial charge >= 0.3 is 0 Å². The maximum Gasteiger partial charge on any atom is 0.137 e. The number of hydrogen-bond acceptors (Lipinski definition) is 1. The minimum Gasteiger partial charge on any atom is -0.464 e. The standard InChI is InChI=1S/C16H22O/c1-15(2,3)12-7-8-13(16(4,5)6)14-11(12)9-10-17-14/h7-10H,1-6H3. The third-order valence-corrected chi connectivity index (χ3v) is 3.23. The largest absolute Gasteiger partial charge is 0.464 e. The Balaban J connectivity index is 2.76. The van der Waals surface area contributed by atoms with Crippen LogP contribution in [0.25, 0.3) is 11.0 Å². The maximum absolute atomic E-state index is 5.71. The highest BCUT2D eigenvalue weighted by Crippen LogP contribution is 2.36. The Morgan fingerprint density at radius 1 is 0.765 bits per heavy atom. The van der Waals surface area contributed by atoms with Gasteiger partial charge in [0.1, 0.15) is 5.58 Å². The number of fused-ring (bicyclic) bond motifs is 1. The minimum absolute atomic E-state index is 0.118.